The zero-order chi connectivity index (χ0) is 27.7. The molecule has 200 valence electrons. The predicted octanol–water partition coefficient (Wildman–Crippen LogP) is 6.15. The summed E-state index contributed by atoms with van der Waals surface area (Å²) in [6, 6.07) is 19.3. The normalized spacial score (nSPS) is 18.8. The van der Waals surface area contributed by atoms with E-state index >= 15 is 0 Å². The third kappa shape index (κ3) is 5.04. The highest BCUT2D eigenvalue weighted by atomic mass is 19.1. The number of ketones is 1. The molecule has 0 aromatic heterocycles. The third-order valence-corrected chi connectivity index (χ3v) is 7.55. The monoisotopic (exact) mass is 526 g/mol. The zero-order valence-corrected chi connectivity index (χ0v) is 22.4. The van der Waals surface area contributed by atoms with Gasteiger partial charge in [-0.25, -0.2) is 4.39 Å². The quantitative estimate of drug-likeness (QED) is 0.403. The van der Waals surface area contributed by atoms with E-state index in [0.29, 0.717) is 46.0 Å². The molecule has 2 atom stereocenters. The van der Waals surface area contributed by atoms with Crippen molar-refractivity contribution in [2.45, 2.75) is 38.5 Å². The summed E-state index contributed by atoms with van der Waals surface area (Å²) in [6.07, 6.45) is 0.859. The van der Waals surface area contributed by atoms with E-state index in [1.807, 2.05) is 56.3 Å². The molecule has 0 radical (unpaired) electrons. The van der Waals surface area contributed by atoms with Crippen LogP contribution in [0.3, 0.4) is 0 Å². The van der Waals surface area contributed by atoms with Gasteiger partial charge in [0.25, 0.3) is 5.91 Å². The summed E-state index contributed by atoms with van der Waals surface area (Å²) in [5.41, 5.74) is 5.73. The SMILES string of the molecule is COc1ccc([C@@H]2CC(=O)C3=C(C2)NC(C)=C(C(=O)Nc2ccccc2C)[C@@H]3c2ccc(F)cc2)cc1OC. The molecule has 3 aromatic carbocycles. The van der Waals surface area contributed by atoms with Gasteiger partial charge in [0.05, 0.1) is 14.2 Å². The summed E-state index contributed by atoms with van der Waals surface area (Å²) in [5.74, 6) is -0.196. The van der Waals surface area contributed by atoms with Crippen molar-refractivity contribution >= 4 is 17.4 Å². The van der Waals surface area contributed by atoms with Crippen molar-refractivity contribution in [2.75, 3.05) is 19.5 Å². The maximum absolute atomic E-state index is 13.9. The predicted molar refractivity (Wildman–Crippen MR) is 148 cm³/mol. The van der Waals surface area contributed by atoms with Gasteiger partial charge < -0.3 is 20.1 Å². The maximum Gasteiger partial charge on any atom is 0.254 e. The number of amides is 1. The second-order valence-electron chi connectivity index (χ2n) is 9.95. The van der Waals surface area contributed by atoms with Crippen molar-refractivity contribution in [1.82, 2.24) is 5.32 Å². The molecule has 3 aromatic rings. The molecule has 0 saturated heterocycles. The molecule has 1 amide bonds. The molecule has 1 aliphatic heterocycles. The lowest BCUT2D eigenvalue weighted by Crippen LogP contribution is -2.37. The fourth-order valence-corrected chi connectivity index (χ4v) is 5.57. The Hall–Kier alpha value is -4.39. The van der Waals surface area contributed by atoms with E-state index < -0.39 is 5.92 Å². The number of anilines is 1. The summed E-state index contributed by atoms with van der Waals surface area (Å²) < 4.78 is 24.7. The first kappa shape index (κ1) is 26.2. The molecule has 0 unspecified atom stereocenters. The largest absolute Gasteiger partial charge is 0.493 e. The van der Waals surface area contributed by atoms with Crippen LogP contribution in [0.1, 0.15) is 48.3 Å². The molecule has 0 saturated carbocycles. The Morgan fingerprint density at radius 1 is 0.923 bits per heavy atom. The number of carbonyl (C=O) groups is 2. The minimum absolute atomic E-state index is 0.0495. The number of methoxy groups -OCH3 is 2. The van der Waals surface area contributed by atoms with Crippen LogP contribution in [0.25, 0.3) is 0 Å². The van der Waals surface area contributed by atoms with E-state index in [0.717, 1.165) is 16.8 Å². The summed E-state index contributed by atoms with van der Waals surface area (Å²) in [7, 11) is 3.17. The second-order valence-corrected chi connectivity index (χ2v) is 9.95. The standard InChI is InChI=1S/C32H31FN2O4/c1-18-7-5-6-8-24(18)35-32(37)29-19(2)34-25-15-22(21-11-14-27(38-3)28(17-21)39-4)16-26(36)31(25)30(29)20-9-12-23(33)13-10-20/h5-14,17,22,30,34H,15-16H2,1-4H3,(H,35,37)/t22-,30-/m0/s1. The Labute approximate surface area is 227 Å². The lowest BCUT2D eigenvalue weighted by atomic mass is 9.71. The van der Waals surface area contributed by atoms with Gasteiger partial charge in [0, 0.05) is 40.6 Å². The number of para-hydroxylation sites is 1. The van der Waals surface area contributed by atoms with Gasteiger partial charge in [-0.1, -0.05) is 36.4 Å². The second kappa shape index (κ2) is 10.8. The van der Waals surface area contributed by atoms with E-state index in [2.05, 4.69) is 10.6 Å². The van der Waals surface area contributed by atoms with Crippen molar-refractivity contribution < 1.29 is 23.5 Å². The van der Waals surface area contributed by atoms with Crippen LogP contribution >= 0.6 is 0 Å². The van der Waals surface area contributed by atoms with Gasteiger partial charge in [0.2, 0.25) is 0 Å². The number of allylic oxidation sites excluding steroid dienone is 3. The van der Waals surface area contributed by atoms with Crippen LogP contribution in [-0.2, 0) is 9.59 Å². The van der Waals surface area contributed by atoms with Crippen molar-refractivity contribution in [3.63, 3.8) is 0 Å². The number of hydrogen-bond donors (Lipinski definition) is 2. The van der Waals surface area contributed by atoms with Gasteiger partial charge in [-0.05, 0) is 73.2 Å². The number of dihydropyridines is 1. The first-order valence-electron chi connectivity index (χ1n) is 12.9. The van der Waals surface area contributed by atoms with Gasteiger partial charge >= 0.3 is 0 Å². The van der Waals surface area contributed by atoms with Crippen LogP contribution in [0.5, 0.6) is 11.5 Å². The van der Waals surface area contributed by atoms with Crippen LogP contribution in [0.15, 0.2) is 89.3 Å². The molecule has 7 heteroatoms. The molecular formula is C32H31FN2O4. The molecule has 39 heavy (non-hydrogen) atoms. The van der Waals surface area contributed by atoms with Crippen molar-refractivity contribution in [3.8, 4) is 11.5 Å². The molecule has 1 aliphatic carbocycles. The van der Waals surface area contributed by atoms with Gasteiger partial charge in [0.15, 0.2) is 17.3 Å². The molecule has 2 aliphatic rings. The Bertz CT molecular complexity index is 1510. The number of aryl methyl sites for hydroxylation is 1. The molecule has 2 N–H and O–H groups in total. The van der Waals surface area contributed by atoms with Gasteiger partial charge in [-0.15, -0.1) is 0 Å². The number of benzene rings is 3. The van der Waals surface area contributed by atoms with Crippen LogP contribution in [-0.4, -0.2) is 25.9 Å². The van der Waals surface area contributed by atoms with E-state index in [1.165, 1.54) is 12.1 Å². The fourth-order valence-electron chi connectivity index (χ4n) is 5.57. The number of Topliss-reactive ketones (excluding diaryl/α,β-unsaturated/α-hetero) is 1. The number of carbonyl (C=O) groups excluding carboxylic acids is 2. The highest BCUT2D eigenvalue weighted by molar-refractivity contribution is 6.10. The highest BCUT2D eigenvalue weighted by Crippen LogP contribution is 2.46. The van der Waals surface area contributed by atoms with E-state index in [4.69, 9.17) is 9.47 Å². The lowest BCUT2D eigenvalue weighted by Gasteiger charge is -2.37. The number of ether oxygens (including phenoxy) is 2. The fraction of sp³-hybridized carbons (Fsp3) is 0.250. The van der Waals surface area contributed by atoms with Crippen LogP contribution in [0.4, 0.5) is 10.1 Å². The van der Waals surface area contributed by atoms with Crippen LogP contribution < -0.4 is 20.1 Å². The summed E-state index contributed by atoms with van der Waals surface area (Å²) >= 11 is 0. The van der Waals surface area contributed by atoms with E-state index in [1.54, 1.807) is 26.4 Å². The number of rotatable bonds is 6. The molecule has 0 bridgehead atoms. The Morgan fingerprint density at radius 2 is 1.62 bits per heavy atom. The Morgan fingerprint density at radius 3 is 2.31 bits per heavy atom. The van der Waals surface area contributed by atoms with Crippen molar-refractivity contribution in [1.29, 1.82) is 0 Å². The lowest BCUT2D eigenvalue weighted by molar-refractivity contribution is -0.116. The van der Waals surface area contributed by atoms with Crippen molar-refractivity contribution in [3.05, 3.63) is 112 Å². The van der Waals surface area contributed by atoms with Gasteiger partial charge in [-0.3, -0.25) is 9.59 Å². The average Bonchev–Trinajstić information content (AvgIpc) is 2.93. The van der Waals surface area contributed by atoms with Crippen LogP contribution in [0.2, 0.25) is 0 Å². The van der Waals surface area contributed by atoms with E-state index in [9.17, 15) is 14.0 Å². The molecule has 1 heterocycles. The van der Waals surface area contributed by atoms with E-state index in [-0.39, 0.29) is 29.8 Å². The molecule has 6 nitrogen and oxygen atoms in total. The van der Waals surface area contributed by atoms with Gasteiger partial charge in [-0.2, -0.15) is 0 Å². The number of nitrogens with one attached hydrogen (secondary N) is 2. The number of halogens is 1. The molecule has 5 rings (SSSR count). The number of hydrogen-bond acceptors (Lipinski definition) is 5. The minimum atomic E-state index is -0.621. The molecule has 0 fully saturated rings. The maximum atomic E-state index is 13.9. The minimum Gasteiger partial charge on any atom is -0.493 e. The topological polar surface area (TPSA) is 76.7 Å². The zero-order valence-electron chi connectivity index (χ0n) is 22.4. The van der Waals surface area contributed by atoms with Crippen LogP contribution in [0, 0.1) is 12.7 Å². The summed E-state index contributed by atoms with van der Waals surface area (Å²) in [5, 5.41) is 6.41. The smallest absolute Gasteiger partial charge is 0.254 e. The molecular weight excluding hydrogens is 495 g/mol. The third-order valence-electron chi connectivity index (χ3n) is 7.55. The van der Waals surface area contributed by atoms with Gasteiger partial charge in [0.1, 0.15) is 5.82 Å². The highest BCUT2D eigenvalue weighted by Gasteiger charge is 2.41. The summed E-state index contributed by atoms with van der Waals surface area (Å²) in [6.45, 7) is 3.77. The summed E-state index contributed by atoms with van der Waals surface area (Å²) in [4.78, 5) is 27.6. The molecule has 0 spiro atoms. The Balaban J connectivity index is 1.55. The first-order chi connectivity index (χ1) is 18.8. The Kier molecular flexibility index (Phi) is 7.24. The average molecular weight is 527 g/mol. The van der Waals surface area contributed by atoms with Crippen molar-refractivity contribution in [2.24, 2.45) is 0 Å². The first-order valence-corrected chi connectivity index (χ1v) is 12.9.